The summed E-state index contributed by atoms with van der Waals surface area (Å²) in [6, 6.07) is 4.60. The van der Waals surface area contributed by atoms with E-state index in [1.807, 2.05) is 18.2 Å². The van der Waals surface area contributed by atoms with Crippen molar-refractivity contribution < 1.29 is 14.7 Å². The number of carbonyl (C=O) groups excluding carboxylic acids is 1. The van der Waals surface area contributed by atoms with Gasteiger partial charge in [0.1, 0.15) is 6.04 Å². The molecule has 6 nitrogen and oxygen atoms in total. The molecule has 2 rings (SSSR count). The van der Waals surface area contributed by atoms with E-state index in [2.05, 4.69) is 37.9 Å². The van der Waals surface area contributed by atoms with Crippen LogP contribution in [0.15, 0.2) is 18.2 Å². The van der Waals surface area contributed by atoms with Crippen LogP contribution in [0.1, 0.15) is 17.5 Å². The number of benzene rings is 1. The number of hydrogen-bond acceptors (Lipinski definition) is 3. The van der Waals surface area contributed by atoms with Gasteiger partial charge in [-0.1, -0.05) is 0 Å². The Labute approximate surface area is 116 Å². The third-order valence-electron chi connectivity index (χ3n) is 2.38. The van der Waals surface area contributed by atoms with Crippen LogP contribution in [-0.2, 0) is 4.79 Å². The first kappa shape index (κ1) is 12.8. The number of carbonyl (C=O) groups is 2. The number of nitrogens with zero attached hydrogens (tertiary/aromatic N) is 1. The molecule has 3 N–H and O–H groups in total. The SMILES string of the molecule is CC(NC(=O)c1nc2cc(I)ccc2[nH]1)C(=O)O. The van der Waals surface area contributed by atoms with Gasteiger partial charge in [0.25, 0.3) is 5.91 Å². The van der Waals surface area contributed by atoms with E-state index in [1.165, 1.54) is 6.92 Å². The number of amides is 1. The number of halogens is 1. The van der Waals surface area contributed by atoms with E-state index < -0.39 is 17.9 Å². The third kappa shape index (κ3) is 2.61. The molecule has 1 atom stereocenters. The Morgan fingerprint density at radius 3 is 2.89 bits per heavy atom. The molecular formula is C11H10IN3O3. The maximum atomic E-state index is 11.7. The molecule has 1 aromatic heterocycles. The number of carboxylic acids is 1. The zero-order valence-electron chi connectivity index (χ0n) is 9.40. The standard InChI is InChI=1S/C11H10IN3O3/c1-5(11(17)18)13-10(16)9-14-7-3-2-6(12)4-8(7)15-9/h2-5H,1H3,(H,13,16)(H,14,15)(H,17,18). The molecule has 0 saturated heterocycles. The molecule has 0 aliphatic carbocycles. The minimum atomic E-state index is -1.09. The zero-order chi connectivity index (χ0) is 13.3. The van der Waals surface area contributed by atoms with E-state index in [1.54, 1.807) is 0 Å². The van der Waals surface area contributed by atoms with Crippen LogP contribution in [-0.4, -0.2) is 33.0 Å². The number of carboxylic acid groups (broad SMARTS) is 1. The maximum Gasteiger partial charge on any atom is 0.325 e. The molecule has 1 heterocycles. The van der Waals surface area contributed by atoms with Crippen molar-refractivity contribution in [2.24, 2.45) is 0 Å². The average molecular weight is 359 g/mol. The zero-order valence-corrected chi connectivity index (χ0v) is 11.6. The van der Waals surface area contributed by atoms with Crippen LogP contribution in [0, 0.1) is 3.57 Å². The van der Waals surface area contributed by atoms with Gasteiger partial charge in [-0.05, 0) is 47.7 Å². The second-order valence-electron chi connectivity index (χ2n) is 3.78. The Balaban J connectivity index is 2.26. The van der Waals surface area contributed by atoms with E-state index in [-0.39, 0.29) is 5.82 Å². The summed E-state index contributed by atoms with van der Waals surface area (Å²) in [7, 11) is 0. The van der Waals surface area contributed by atoms with Gasteiger partial charge in [0.15, 0.2) is 5.82 Å². The van der Waals surface area contributed by atoms with Gasteiger partial charge in [0, 0.05) is 3.57 Å². The van der Waals surface area contributed by atoms with E-state index in [9.17, 15) is 9.59 Å². The maximum absolute atomic E-state index is 11.7. The van der Waals surface area contributed by atoms with Gasteiger partial charge in [-0.15, -0.1) is 0 Å². The largest absolute Gasteiger partial charge is 0.480 e. The number of H-pyrrole nitrogens is 1. The number of aliphatic carboxylic acids is 1. The number of nitrogens with one attached hydrogen (secondary N) is 2. The lowest BCUT2D eigenvalue weighted by atomic mass is 10.3. The van der Waals surface area contributed by atoms with E-state index in [0.717, 1.165) is 9.09 Å². The van der Waals surface area contributed by atoms with Gasteiger partial charge in [-0.2, -0.15) is 0 Å². The van der Waals surface area contributed by atoms with Gasteiger partial charge in [0.05, 0.1) is 11.0 Å². The highest BCUT2D eigenvalue weighted by Crippen LogP contribution is 2.15. The Bertz CT molecular complexity index is 623. The Hall–Kier alpha value is -1.64. The third-order valence-corrected chi connectivity index (χ3v) is 3.05. The molecular weight excluding hydrogens is 349 g/mol. The van der Waals surface area contributed by atoms with Crippen molar-refractivity contribution in [1.82, 2.24) is 15.3 Å². The molecule has 18 heavy (non-hydrogen) atoms. The summed E-state index contributed by atoms with van der Waals surface area (Å²) in [4.78, 5) is 29.3. The van der Waals surface area contributed by atoms with Crippen molar-refractivity contribution in [3.63, 3.8) is 0 Å². The van der Waals surface area contributed by atoms with Crippen molar-refractivity contribution in [3.05, 3.63) is 27.6 Å². The first-order valence-corrected chi connectivity index (χ1v) is 6.24. The van der Waals surface area contributed by atoms with Crippen molar-refractivity contribution in [3.8, 4) is 0 Å². The van der Waals surface area contributed by atoms with Crippen LogP contribution in [0.2, 0.25) is 0 Å². The minimum Gasteiger partial charge on any atom is -0.480 e. The Morgan fingerprint density at radius 2 is 2.22 bits per heavy atom. The van der Waals surface area contributed by atoms with Crippen molar-refractivity contribution in [1.29, 1.82) is 0 Å². The highest BCUT2D eigenvalue weighted by molar-refractivity contribution is 14.1. The molecule has 0 radical (unpaired) electrons. The lowest BCUT2D eigenvalue weighted by Crippen LogP contribution is -2.38. The second kappa shape index (κ2) is 4.92. The molecule has 1 unspecified atom stereocenters. The summed E-state index contributed by atoms with van der Waals surface area (Å²) < 4.78 is 1.01. The molecule has 0 spiro atoms. The van der Waals surface area contributed by atoms with Crippen molar-refractivity contribution >= 4 is 45.5 Å². The summed E-state index contributed by atoms with van der Waals surface area (Å²) >= 11 is 2.15. The number of fused-ring (bicyclic) bond motifs is 1. The normalized spacial score (nSPS) is 12.3. The number of rotatable bonds is 3. The van der Waals surface area contributed by atoms with Crippen LogP contribution >= 0.6 is 22.6 Å². The predicted octanol–water partition coefficient (Wildman–Crippen LogP) is 1.37. The Morgan fingerprint density at radius 1 is 1.50 bits per heavy atom. The van der Waals surface area contributed by atoms with Gasteiger partial charge in [0.2, 0.25) is 0 Å². The monoisotopic (exact) mass is 359 g/mol. The Kier molecular flexibility index (Phi) is 3.50. The number of hydrogen-bond donors (Lipinski definition) is 3. The van der Waals surface area contributed by atoms with E-state index in [4.69, 9.17) is 5.11 Å². The first-order valence-electron chi connectivity index (χ1n) is 5.16. The fraction of sp³-hybridized carbons (Fsp3) is 0.182. The summed E-state index contributed by atoms with van der Waals surface area (Å²) in [5.74, 6) is -1.51. The smallest absolute Gasteiger partial charge is 0.325 e. The minimum absolute atomic E-state index is 0.111. The van der Waals surface area contributed by atoms with Crippen LogP contribution in [0.25, 0.3) is 11.0 Å². The predicted molar refractivity (Wildman–Crippen MR) is 73.4 cm³/mol. The number of imidazole rings is 1. The average Bonchev–Trinajstić information content (AvgIpc) is 2.71. The molecule has 1 amide bonds. The van der Waals surface area contributed by atoms with Crippen LogP contribution in [0.5, 0.6) is 0 Å². The van der Waals surface area contributed by atoms with Gasteiger partial charge in [-0.3, -0.25) is 9.59 Å². The molecule has 0 saturated carbocycles. The van der Waals surface area contributed by atoms with Crippen LogP contribution < -0.4 is 5.32 Å². The summed E-state index contributed by atoms with van der Waals surface area (Å²) in [6.07, 6.45) is 0. The molecule has 0 bridgehead atoms. The molecule has 94 valence electrons. The summed E-state index contributed by atoms with van der Waals surface area (Å²) in [5, 5.41) is 11.0. The van der Waals surface area contributed by atoms with Crippen molar-refractivity contribution in [2.75, 3.05) is 0 Å². The quantitative estimate of drug-likeness (QED) is 0.722. The highest BCUT2D eigenvalue weighted by Gasteiger charge is 2.17. The topological polar surface area (TPSA) is 95.1 Å². The first-order chi connectivity index (χ1) is 8.47. The lowest BCUT2D eigenvalue weighted by molar-refractivity contribution is -0.138. The fourth-order valence-corrected chi connectivity index (χ4v) is 1.89. The molecule has 0 aliphatic heterocycles. The van der Waals surface area contributed by atoms with Gasteiger partial charge < -0.3 is 15.4 Å². The summed E-state index contributed by atoms with van der Waals surface area (Å²) in [6.45, 7) is 1.39. The highest BCUT2D eigenvalue weighted by atomic mass is 127. The molecule has 7 heteroatoms. The molecule has 1 aromatic carbocycles. The molecule has 0 fully saturated rings. The van der Waals surface area contributed by atoms with E-state index >= 15 is 0 Å². The van der Waals surface area contributed by atoms with Crippen LogP contribution in [0.4, 0.5) is 0 Å². The number of aromatic nitrogens is 2. The van der Waals surface area contributed by atoms with E-state index in [0.29, 0.717) is 5.52 Å². The van der Waals surface area contributed by atoms with Gasteiger partial charge >= 0.3 is 5.97 Å². The van der Waals surface area contributed by atoms with Crippen molar-refractivity contribution in [2.45, 2.75) is 13.0 Å². The summed E-state index contributed by atoms with van der Waals surface area (Å²) in [5.41, 5.74) is 1.42. The lowest BCUT2D eigenvalue weighted by Gasteiger charge is -2.06. The fourth-order valence-electron chi connectivity index (χ4n) is 1.41. The second-order valence-corrected chi connectivity index (χ2v) is 5.03. The molecule has 0 aliphatic rings. The number of aromatic amines is 1. The van der Waals surface area contributed by atoms with Crippen LogP contribution in [0.3, 0.4) is 0 Å². The van der Waals surface area contributed by atoms with Gasteiger partial charge in [-0.25, -0.2) is 4.98 Å². The molecule has 2 aromatic rings.